The zero-order valence-corrected chi connectivity index (χ0v) is 14.5. The third-order valence-electron chi connectivity index (χ3n) is 4.14. The molecule has 0 aliphatic heterocycles. The van der Waals surface area contributed by atoms with E-state index in [-0.39, 0.29) is 5.91 Å². The van der Waals surface area contributed by atoms with Gasteiger partial charge in [-0.05, 0) is 25.0 Å². The lowest BCUT2D eigenvalue weighted by Gasteiger charge is -2.10. The van der Waals surface area contributed by atoms with Gasteiger partial charge in [-0.15, -0.1) is 0 Å². The average Bonchev–Trinajstić information content (AvgIpc) is 2.91. The molecule has 0 unspecified atom stereocenters. The van der Waals surface area contributed by atoms with Crippen LogP contribution in [0, 0.1) is 0 Å². The summed E-state index contributed by atoms with van der Waals surface area (Å²) in [4.78, 5) is 16.4. The molecule has 0 saturated carbocycles. The number of rotatable bonds is 10. The molecule has 1 heterocycles. The van der Waals surface area contributed by atoms with Gasteiger partial charge in [0.15, 0.2) is 0 Å². The van der Waals surface area contributed by atoms with Gasteiger partial charge in [0.2, 0.25) is 5.91 Å². The van der Waals surface area contributed by atoms with Crippen molar-refractivity contribution in [3.05, 3.63) is 30.1 Å². The molecule has 1 aromatic carbocycles. The summed E-state index contributed by atoms with van der Waals surface area (Å²) in [5.41, 5.74) is 2.18. The minimum absolute atomic E-state index is 0.106. The van der Waals surface area contributed by atoms with Crippen molar-refractivity contribution in [2.75, 3.05) is 0 Å². The number of hydrogen-bond acceptors (Lipinski definition) is 2. The molecule has 126 valence electrons. The molecule has 0 spiro atoms. The Hall–Kier alpha value is -1.84. The topological polar surface area (TPSA) is 46.9 Å². The van der Waals surface area contributed by atoms with Gasteiger partial charge in [-0.25, -0.2) is 4.98 Å². The lowest BCUT2D eigenvalue weighted by molar-refractivity contribution is -0.121. The van der Waals surface area contributed by atoms with Gasteiger partial charge < -0.3 is 9.88 Å². The number of benzene rings is 1. The second kappa shape index (κ2) is 9.33. The summed E-state index contributed by atoms with van der Waals surface area (Å²) < 4.78 is 2.27. The summed E-state index contributed by atoms with van der Waals surface area (Å²) in [6, 6.07) is 8.23. The molecule has 0 aliphatic rings. The van der Waals surface area contributed by atoms with Crippen LogP contribution in [-0.4, -0.2) is 15.5 Å². The monoisotopic (exact) mass is 315 g/mol. The molecule has 1 aromatic heterocycles. The van der Waals surface area contributed by atoms with Crippen molar-refractivity contribution in [3.63, 3.8) is 0 Å². The number of fused-ring (bicyclic) bond motifs is 1. The Morgan fingerprint density at radius 2 is 1.87 bits per heavy atom. The van der Waals surface area contributed by atoms with E-state index in [1.807, 2.05) is 19.1 Å². The van der Waals surface area contributed by atoms with E-state index in [0.29, 0.717) is 13.0 Å². The van der Waals surface area contributed by atoms with Crippen LogP contribution in [0.4, 0.5) is 0 Å². The van der Waals surface area contributed by atoms with Crippen molar-refractivity contribution in [2.45, 2.75) is 71.9 Å². The SMILES string of the molecule is CCCCCCCn1c(CNC(=O)CCC)nc2ccccc21. The fraction of sp³-hybridized carbons (Fsp3) is 0.579. The van der Waals surface area contributed by atoms with E-state index in [2.05, 4.69) is 28.9 Å². The van der Waals surface area contributed by atoms with Crippen LogP contribution in [0.5, 0.6) is 0 Å². The van der Waals surface area contributed by atoms with Crippen LogP contribution in [0.1, 0.15) is 64.6 Å². The quantitative estimate of drug-likeness (QED) is 0.660. The molecule has 2 aromatic rings. The molecule has 0 fully saturated rings. The smallest absolute Gasteiger partial charge is 0.220 e. The predicted molar refractivity (Wildman–Crippen MR) is 95.2 cm³/mol. The van der Waals surface area contributed by atoms with Crippen LogP contribution in [0.25, 0.3) is 11.0 Å². The Balaban J connectivity index is 2.05. The summed E-state index contributed by atoms with van der Waals surface area (Å²) in [7, 11) is 0. The Bertz CT molecular complexity index is 618. The van der Waals surface area contributed by atoms with Gasteiger partial charge in [0.05, 0.1) is 17.6 Å². The van der Waals surface area contributed by atoms with Crippen molar-refractivity contribution in [3.8, 4) is 0 Å². The van der Waals surface area contributed by atoms with Gasteiger partial charge in [-0.3, -0.25) is 4.79 Å². The Morgan fingerprint density at radius 1 is 1.09 bits per heavy atom. The van der Waals surface area contributed by atoms with E-state index >= 15 is 0 Å². The van der Waals surface area contributed by atoms with E-state index < -0.39 is 0 Å². The third kappa shape index (κ3) is 5.08. The van der Waals surface area contributed by atoms with Gasteiger partial charge >= 0.3 is 0 Å². The number of nitrogens with one attached hydrogen (secondary N) is 1. The summed E-state index contributed by atoms with van der Waals surface area (Å²) in [5, 5.41) is 2.99. The highest BCUT2D eigenvalue weighted by Gasteiger charge is 2.11. The first kappa shape index (κ1) is 17.5. The number of para-hydroxylation sites is 2. The van der Waals surface area contributed by atoms with Crippen LogP contribution in [0.2, 0.25) is 0 Å². The number of nitrogens with zero attached hydrogens (tertiary/aromatic N) is 2. The first-order valence-corrected chi connectivity index (χ1v) is 8.97. The summed E-state index contributed by atoms with van der Waals surface area (Å²) >= 11 is 0. The average molecular weight is 315 g/mol. The van der Waals surface area contributed by atoms with Crippen LogP contribution in [0.3, 0.4) is 0 Å². The molecule has 0 aliphatic carbocycles. The summed E-state index contributed by atoms with van der Waals surface area (Å²) in [6.07, 6.45) is 7.74. The van der Waals surface area contributed by atoms with Gasteiger partial charge in [-0.1, -0.05) is 51.7 Å². The van der Waals surface area contributed by atoms with Gasteiger partial charge in [0, 0.05) is 13.0 Å². The Kier molecular flexibility index (Phi) is 7.11. The van der Waals surface area contributed by atoms with Gasteiger partial charge in [0.1, 0.15) is 5.82 Å². The fourth-order valence-electron chi connectivity index (χ4n) is 2.88. The minimum Gasteiger partial charge on any atom is -0.349 e. The number of carbonyl (C=O) groups is 1. The van der Waals surface area contributed by atoms with Crippen molar-refractivity contribution < 1.29 is 4.79 Å². The number of aromatic nitrogens is 2. The standard InChI is InChI=1S/C19H29N3O/c1-3-5-6-7-10-14-22-17-13-9-8-12-16(17)21-18(22)15-20-19(23)11-4-2/h8-9,12-13H,3-7,10-11,14-15H2,1-2H3,(H,20,23). The molecule has 1 N–H and O–H groups in total. The van der Waals surface area contributed by atoms with E-state index in [9.17, 15) is 4.79 Å². The Morgan fingerprint density at radius 3 is 2.65 bits per heavy atom. The summed E-state index contributed by atoms with van der Waals surface area (Å²) in [5.74, 6) is 1.07. The maximum absolute atomic E-state index is 11.7. The van der Waals surface area contributed by atoms with Crippen LogP contribution < -0.4 is 5.32 Å². The number of carbonyl (C=O) groups excluding carboxylic acids is 1. The second-order valence-corrected chi connectivity index (χ2v) is 6.11. The predicted octanol–water partition coefficient (Wildman–Crippen LogP) is 4.42. The van der Waals surface area contributed by atoms with Crippen molar-refractivity contribution >= 4 is 16.9 Å². The molecule has 4 heteroatoms. The lowest BCUT2D eigenvalue weighted by Crippen LogP contribution is -2.24. The molecule has 0 bridgehead atoms. The Labute approximate surface area is 139 Å². The minimum atomic E-state index is 0.106. The third-order valence-corrected chi connectivity index (χ3v) is 4.14. The van der Waals surface area contributed by atoms with Crippen molar-refractivity contribution in [2.24, 2.45) is 0 Å². The summed E-state index contributed by atoms with van der Waals surface area (Å²) in [6.45, 7) is 5.75. The van der Waals surface area contributed by atoms with Crippen LogP contribution >= 0.6 is 0 Å². The number of hydrogen-bond donors (Lipinski definition) is 1. The maximum Gasteiger partial charge on any atom is 0.220 e. The molecule has 0 atom stereocenters. The van der Waals surface area contributed by atoms with Crippen LogP contribution in [0.15, 0.2) is 24.3 Å². The highest BCUT2D eigenvalue weighted by molar-refractivity contribution is 5.77. The van der Waals surface area contributed by atoms with Crippen molar-refractivity contribution in [1.29, 1.82) is 0 Å². The zero-order valence-electron chi connectivity index (χ0n) is 14.5. The van der Waals surface area contributed by atoms with E-state index in [1.54, 1.807) is 0 Å². The zero-order chi connectivity index (χ0) is 16.5. The molecule has 2 rings (SSSR count). The lowest BCUT2D eigenvalue weighted by atomic mass is 10.1. The maximum atomic E-state index is 11.7. The fourth-order valence-corrected chi connectivity index (χ4v) is 2.88. The molecular weight excluding hydrogens is 286 g/mol. The van der Waals surface area contributed by atoms with Crippen molar-refractivity contribution in [1.82, 2.24) is 14.9 Å². The molecule has 1 amide bonds. The van der Waals surface area contributed by atoms with E-state index in [0.717, 1.165) is 30.7 Å². The molecule has 0 radical (unpaired) electrons. The number of unbranched alkanes of at least 4 members (excludes halogenated alkanes) is 4. The molecule has 4 nitrogen and oxygen atoms in total. The normalized spacial score (nSPS) is 11.0. The number of aryl methyl sites for hydroxylation is 1. The number of amides is 1. The van der Waals surface area contributed by atoms with Gasteiger partial charge in [0.25, 0.3) is 0 Å². The first-order chi connectivity index (χ1) is 11.3. The van der Waals surface area contributed by atoms with Gasteiger partial charge in [-0.2, -0.15) is 0 Å². The van der Waals surface area contributed by atoms with E-state index in [4.69, 9.17) is 4.98 Å². The van der Waals surface area contributed by atoms with E-state index in [1.165, 1.54) is 31.2 Å². The molecule has 23 heavy (non-hydrogen) atoms. The van der Waals surface area contributed by atoms with Crippen LogP contribution in [-0.2, 0) is 17.9 Å². The number of imidazole rings is 1. The highest BCUT2D eigenvalue weighted by atomic mass is 16.1. The molecular formula is C19H29N3O. The highest BCUT2D eigenvalue weighted by Crippen LogP contribution is 2.17. The first-order valence-electron chi connectivity index (χ1n) is 8.97. The molecule has 0 saturated heterocycles. The largest absolute Gasteiger partial charge is 0.349 e. The second-order valence-electron chi connectivity index (χ2n) is 6.11.